The van der Waals surface area contributed by atoms with Gasteiger partial charge in [0.15, 0.2) is 0 Å². The summed E-state index contributed by atoms with van der Waals surface area (Å²) in [6, 6.07) is 4.12. The van der Waals surface area contributed by atoms with Crippen molar-refractivity contribution in [2.75, 3.05) is 0 Å². The molecule has 0 spiro atoms. The van der Waals surface area contributed by atoms with Crippen molar-refractivity contribution in [2.24, 2.45) is 0 Å². The fourth-order valence-electron chi connectivity index (χ4n) is 1.55. The maximum Gasteiger partial charge on any atom is 0.308 e. The number of rotatable bonds is 2. The lowest BCUT2D eigenvalue weighted by atomic mass is 9.94. The van der Waals surface area contributed by atoms with Crippen LogP contribution >= 0.6 is 0 Å². The fourth-order valence-corrected chi connectivity index (χ4v) is 1.55. The summed E-state index contributed by atoms with van der Waals surface area (Å²) in [6.07, 6.45) is 1.00. The van der Waals surface area contributed by atoms with E-state index in [4.69, 9.17) is 4.74 Å². The number of aryl methyl sites for hydroxylation is 2. The van der Waals surface area contributed by atoms with Gasteiger partial charge in [-0.15, -0.1) is 0 Å². The summed E-state index contributed by atoms with van der Waals surface area (Å²) in [4.78, 5) is 10.8. The first-order valence-corrected chi connectivity index (χ1v) is 4.83. The van der Waals surface area contributed by atoms with Crippen molar-refractivity contribution in [1.82, 2.24) is 0 Å². The van der Waals surface area contributed by atoms with Crippen LogP contribution in [0.25, 0.3) is 0 Å². The van der Waals surface area contributed by atoms with Gasteiger partial charge in [0.2, 0.25) is 0 Å². The van der Waals surface area contributed by atoms with Gasteiger partial charge in [-0.05, 0) is 25.0 Å². The zero-order chi connectivity index (χ0) is 10.7. The predicted molar refractivity (Wildman–Crippen MR) is 59.5 cm³/mol. The van der Waals surface area contributed by atoms with Gasteiger partial charge >= 0.3 is 5.97 Å². The van der Waals surface area contributed by atoms with Crippen molar-refractivity contribution in [3.05, 3.63) is 28.8 Å². The van der Waals surface area contributed by atoms with E-state index in [1.54, 1.807) is 0 Å². The highest BCUT2D eigenvalue weighted by molar-refractivity contribution is 6.08. The topological polar surface area (TPSA) is 26.3 Å². The van der Waals surface area contributed by atoms with E-state index >= 15 is 0 Å². The van der Waals surface area contributed by atoms with Crippen LogP contribution in [0.15, 0.2) is 12.1 Å². The predicted octanol–water partition coefficient (Wildman–Crippen LogP) is 1.36. The molecule has 0 bridgehead atoms. The molecule has 0 atom stereocenters. The van der Waals surface area contributed by atoms with Gasteiger partial charge in [0.1, 0.15) is 13.6 Å². The van der Waals surface area contributed by atoms with Gasteiger partial charge in [-0.25, -0.2) is 0 Å². The standard InChI is InChI=1S/C11H15BO2/c1-7-4-10(6-12)5-8(2)11(7)14-9(3)13/h4-5H,6,12H2,1-3H3. The van der Waals surface area contributed by atoms with E-state index < -0.39 is 0 Å². The van der Waals surface area contributed by atoms with E-state index in [-0.39, 0.29) is 5.97 Å². The lowest BCUT2D eigenvalue weighted by molar-refractivity contribution is -0.131. The SMILES string of the molecule is BCc1cc(C)c(OC(C)=O)c(C)c1. The van der Waals surface area contributed by atoms with Crippen molar-refractivity contribution in [3.8, 4) is 5.75 Å². The van der Waals surface area contributed by atoms with Crippen LogP contribution in [0.5, 0.6) is 5.75 Å². The Morgan fingerprint density at radius 3 is 2.21 bits per heavy atom. The highest BCUT2D eigenvalue weighted by atomic mass is 16.5. The van der Waals surface area contributed by atoms with Crippen LogP contribution in [0, 0.1) is 13.8 Å². The lowest BCUT2D eigenvalue weighted by Gasteiger charge is -2.10. The highest BCUT2D eigenvalue weighted by Gasteiger charge is 2.07. The van der Waals surface area contributed by atoms with Crippen molar-refractivity contribution < 1.29 is 9.53 Å². The first-order valence-electron chi connectivity index (χ1n) is 4.83. The summed E-state index contributed by atoms with van der Waals surface area (Å²) in [5, 5.41) is 0. The molecule has 1 rings (SSSR count). The van der Waals surface area contributed by atoms with Crippen molar-refractivity contribution >= 4 is 13.8 Å². The zero-order valence-corrected chi connectivity index (χ0v) is 9.18. The Kier molecular flexibility index (Phi) is 3.34. The third kappa shape index (κ3) is 2.38. The first kappa shape index (κ1) is 10.8. The molecule has 14 heavy (non-hydrogen) atoms. The Balaban J connectivity index is 3.11. The molecule has 0 aliphatic heterocycles. The molecule has 0 aliphatic carbocycles. The molecule has 0 amide bonds. The minimum atomic E-state index is -0.263. The quantitative estimate of drug-likeness (QED) is 0.399. The van der Waals surface area contributed by atoms with Crippen LogP contribution < -0.4 is 4.74 Å². The maximum absolute atomic E-state index is 10.8. The molecule has 3 heteroatoms. The summed E-state index contributed by atoms with van der Waals surface area (Å²) in [7, 11) is 2.11. The smallest absolute Gasteiger partial charge is 0.308 e. The molecule has 0 heterocycles. The molecule has 74 valence electrons. The third-order valence-corrected chi connectivity index (χ3v) is 2.17. The second-order valence-electron chi connectivity index (χ2n) is 3.51. The average molecular weight is 190 g/mol. The summed E-state index contributed by atoms with van der Waals surface area (Å²) < 4.78 is 5.14. The van der Waals surface area contributed by atoms with Crippen LogP contribution in [-0.2, 0) is 11.1 Å². The zero-order valence-electron chi connectivity index (χ0n) is 9.18. The molecule has 2 nitrogen and oxygen atoms in total. The fraction of sp³-hybridized carbons (Fsp3) is 0.364. The summed E-state index contributed by atoms with van der Waals surface area (Å²) >= 11 is 0. The second-order valence-corrected chi connectivity index (χ2v) is 3.51. The van der Waals surface area contributed by atoms with E-state index in [1.807, 2.05) is 13.8 Å². The lowest BCUT2D eigenvalue weighted by Crippen LogP contribution is -2.05. The molecular weight excluding hydrogens is 175 g/mol. The molecule has 0 aromatic heterocycles. The molecule has 1 aromatic rings. The average Bonchev–Trinajstić information content (AvgIpc) is 2.10. The second kappa shape index (κ2) is 4.31. The monoisotopic (exact) mass is 190 g/mol. The Morgan fingerprint density at radius 2 is 1.86 bits per heavy atom. The number of esters is 1. The Bertz CT molecular complexity index is 335. The molecule has 0 unspecified atom stereocenters. The molecule has 1 aromatic carbocycles. The molecular formula is C11H15BO2. The first-order chi connectivity index (χ1) is 6.54. The number of hydrogen-bond donors (Lipinski definition) is 0. The number of ether oxygens (including phenoxy) is 1. The van der Waals surface area contributed by atoms with E-state index in [2.05, 4.69) is 20.0 Å². The molecule has 0 aliphatic rings. The molecule has 0 saturated carbocycles. The molecule has 0 N–H and O–H groups in total. The molecule has 0 radical (unpaired) electrons. The maximum atomic E-state index is 10.8. The molecule has 0 fully saturated rings. The number of carbonyl (C=O) groups is 1. The van der Waals surface area contributed by atoms with E-state index in [0.717, 1.165) is 17.4 Å². The summed E-state index contributed by atoms with van der Waals surface area (Å²) in [5.74, 6) is 0.440. The van der Waals surface area contributed by atoms with Crippen LogP contribution in [0.2, 0.25) is 0 Å². The van der Waals surface area contributed by atoms with Crippen LogP contribution in [0.3, 0.4) is 0 Å². The van der Waals surface area contributed by atoms with Gasteiger partial charge in [-0.3, -0.25) is 4.79 Å². The van der Waals surface area contributed by atoms with Gasteiger partial charge in [0.25, 0.3) is 0 Å². The minimum Gasteiger partial charge on any atom is -0.426 e. The van der Waals surface area contributed by atoms with Gasteiger partial charge < -0.3 is 4.74 Å². The number of hydrogen-bond acceptors (Lipinski definition) is 2. The number of benzene rings is 1. The Hall–Kier alpha value is -1.25. The van der Waals surface area contributed by atoms with Gasteiger partial charge in [-0.2, -0.15) is 0 Å². The highest BCUT2D eigenvalue weighted by Crippen LogP contribution is 2.24. The summed E-state index contributed by atoms with van der Waals surface area (Å²) in [5.41, 5.74) is 3.32. The van der Waals surface area contributed by atoms with Crippen molar-refractivity contribution in [2.45, 2.75) is 27.1 Å². The van der Waals surface area contributed by atoms with Crippen molar-refractivity contribution in [1.29, 1.82) is 0 Å². The third-order valence-electron chi connectivity index (χ3n) is 2.17. The normalized spacial score (nSPS) is 9.93. The van der Waals surface area contributed by atoms with E-state index in [1.165, 1.54) is 12.5 Å². The van der Waals surface area contributed by atoms with Gasteiger partial charge in [0.05, 0.1) is 0 Å². The van der Waals surface area contributed by atoms with Crippen LogP contribution in [0.4, 0.5) is 0 Å². The van der Waals surface area contributed by atoms with Crippen molar-refractivity contribution in [3.63, 3.8) is 0 Å². The molecule has 0 saturated heterocycles. The Morgan fingerprint density at radius 1 is 1.36 bits per heavy atom. The van der Waals surface area contributed by atoms with E-state index in [0.29, 0.717) is 5.75 Å². The van der Waals surface area contributed by atoms with Gasteiger partial charge in [0, 0.05) is 6.92 Å². The van der Waals surface area contributed by atoms with Crippen LogP contribution in [-0.4, -0.2) is 13.8 Å². The number of carbonyl (C=O) groups excluding carboxylic acids is 1. The van der Waals surface area contributed by atoms with E-state index in [9.17, 15) is 4.79 Å². The summed E-state index contributed by atoms with van der Waals surface area (Å²) in [6.45, 7) is 5.35. The minimum absolute atomic E-state index is 0.263. The van der Waals surface area contributed by atoms with Gasteiger partial charge in [-0.1, -0.05) is 24.0 Å². The largest absolute Gasteiger partial charge is 0.426 e. The Labute approximate surface area is 85.7 Å². The van der Waals surface area contributed by atoms with Crippen LogP contribution in [0.1, 0.15) is 23.6 Å².